The van der Waals surface area contributed by atoms with Gasteiger partial charge in [0, 0.05) is 10.6 Å². The van der Waals surface area contributed by atoms with E-state index < -0.39 is 17.6 Å². The summed E-state index contributed by atoms with van der Waals surface area (Å²) in [5, 5.41) is 3.44. The molecule has 1 amide bonds. The van der Waals surface area contributed by atoms with Crippen LogP contribution in [0.15, 0.2) is 58.5 Å². The van der Waals surface area contributed by atoms with E-state index in [4.69, 9.17) is 4.98 Å². The standard InChI is InChI=1S/C27H26F3N3O2S2/c1-4-7-21-16(3)23-24(37-21)32-26(33(25(23)35)20-12-10-17(5-2)11-13-20)36-15-22(34)31-19-9-6-8-18(14-19)27(28,29)30/h6,8-14H,4-5,7,15H2,1-3H3,(H,31,34). The van der Waals surface area contributed by atoms with Crippen LogP contribution in [-0.2, 0) is 23.8 Å². The van der Waals surface area contributed by atoms with Crippen molar-refractivity contribution in [2.45, 2.75) is 51.4 Å². The fourth-order valence-corrected chi connectivity index (χ4v) is 6.11. The third-order valence-electron chi connectivity index (χ3n) is 5.92. The molecule has 10 heteroatoms. The number of hydrogen-bond donors (Lipinski definition) is 1. The number of halogens is 3. The Morgan fingerprint density at radius 1 is 1.14 bits per heavy atom. The van der Waals surface area contributed by atoms with Crippen LogP contribution in [-0.4, -0.2) is 21.2 Å². The van der Waals surface area contributed by atoms with Gasteiger partial charge in [-0.05, 0) is 61.2 Å². The van der Waals surface area contributed by atoms with Gasteiger partial charge >= 0.3 is 6.18 Å². The number of carbonyl (C=O) groups is 1. The van der Waals surface area contributed by atoms with E-state index in [1.54, 1.807) is 0 Å². The van der Waals surface area contributed by atoms with Gasteiger partial charge in [-0.2, -0.15) is 13.2 Å². The van der Waals surface area contributed by atoms with E-state index >= 15 is 0 Å². The zero-order valence-electron chi connectivity index (χ0n) is 20.6. The van der Waals surface area contributed by atoms with Crippen molar-refractivity contribution in [3.63, 3.8) is 0 Å². The Bertz CT molecular complexity index is 1490. The number of alkyl halides is 3. The molecule has 0 saturated heterocycles. The van der Waals surface area contributed by atoms with Gasteiger partial charge in [-0.15, -0.1) is 11.3 Å². The first kappa shape index (κ1) is 26.9. The first-order valence-electron chi connectivity index (χ1n) is 11.9. The molecule has 2 heterocycles. The lowest BCUT2D eigenvalue weighted by molar-refractivity contribution is -0.137. The van der Waals surface area contributed by atoms with Crippen LogP contribution in [0, 0.1) is 6.92 Å². The van der Waals surface area contributed by atoms with Gasteiger partial charge < -0.3 is 5.32 Å². The van der Waals surface area contributed by atoms with E-state index in [-0.39, 0.29) is 17.0 Å². The highest BCUT2D eigenvalue weighted by atomic mass is 32.2. The lowest BCUT2D eigenvalue weighted by Crippen LogP contribution is -2.23. The molecule has 0 spiro atoms. The lowest BCUT2D eigenvalue weighted by Gasteiger charge is -2.13. The Balaban J connectivity index is 1.68. The Morgan fingerprint density at radius 3 is 2.51 bits per heavy atom. The smallest absolute Gasteiger partial charge is 0.325 e. The molecule has 0 aliphatic rings. The second-order valence-electron chi connectivity index (χ2n) is 8.55. The van der Waals surface area contributed by atoms with Gasteiger partial charge in [0.2, 0.25) is 5.91 Å². The second-order valence-corrected chi connectivity index (χ2v) is 10.6. The molecule has 0 aliphatic heterocycles. The van der Waals surface area contributed by atoms with Gasteiger partial charge in [-0.1, -0.05) is 50.2 Å². The quantitative estimate of drug-likeness (QED) is 0.191. The highest BCUT2D eigenvalue weighted by Gasteiger charge is 2.30. The Kier molecular flexibility index (Phi) is 8.08. The van der Waals surface area contributed by atoms with Crippen molar-refractivity contribution in [2.24, 2.45) is 0 Å². The molecule has 2 aromatic carbocycles. The topological polar surface area (TPSA) is 64.0 Å². The van der Waals surface area contributed by atoms with Crippen LogP contribution in [0.25, 0.3) is 15.9 Å². The molecule has 4 rings (SSSR count). The average Bonchev–Trinajstić information content (AvgIpc) is 3.18. The normalized spacial score (nSPS) is 11.7. The maximum atomic E-state index is 13.7. The summed E-state index contributed by atoms with van der Waals surface area (Å²) in [6.07, 6.45) is -1.86. The zero-order chi connectivity index (χ0) is 26.7. The van der Waals surface area contributed by atoms with Crippen molar-refractivity contribution in [1.82, 2.24) is 9.55 Å². The maximum absolute atomic E-state index is 13.7. The molecule has 5 nitrogen and oxygen atoms in total. The van der Waals surface area contributed by atoms with Gasteiger partial charge in [-0.25, -0.2) is 4.98 Å². The second kappa shape index (κ2) is 11.1. The zero-order valence-corrected chi connectivity index (χ0v) is 22.2. The van der Waals surface area contributed by atoms with Crippen molar-refractivity contribution in [3.05, 3.63) is 80.5 Å². The van der Waals surface area contributed by atoms with Gasteiger partial charge in [0.05, 0.1) is 22.4 Å². The summed E-state index contributed by atoms with van der Waals surface area (Å²) in [5.74, 6) is -0.631. The molecule has 0 fully saturated rings. The van der Waals surface area contributed by atoms with E-state index in [0.717, 1.165) is 59.2 Å². The Morgan fingerprint density at radius 2 is 1.86 bits per heavy atom. The highest BCUT2D eigenvalue weighted by Crippen LogP contribution is 2.32. The molecule has 1 N–H and O–H groups in total. The number of nitrogens with zero attached hydrogens (tertiary/aromatic N) is 2. The maximum Gasteiger partial charge on any atom is 0.416 e. The van der Waals surface area contributed by atoms with Gasteiger partial charge in [-0.3, -0.25) is 14.2 Å². The Labute approximate surface area is 220 Å². The molecule has 194 valence electrons. The van der Waals surface area contributed by atoms with Crippen molar-refractivity contribution in [3.8, 4) is 5.69 Å². The van der Waals surface area contributed by atoms with Crippen LogP contribution >= 0.6 is 23.1 Å². The highest BCUT2D eigenvalue weighted by molar-refractivity contribution is 7.99. The summed E-state index contributed by atoms with van der Waals surface area (Å²) in [7, 11) is 0. The van der Waals surface area contributed by atoms with Crippen LogP contribution < -0.4 is 10.9 Å². The number of aromatic nitrogens is 2. The SMILES string of the molecule is CCCc1sc2nc(SCC(=O)Nc3cccc(C(F)(F)F)c3)n(-c3ccc(CC)cc3)c(=O)c2c1C. The molecule has 0 aliphatic carbocycles. The van der Waals surface area contributed by atoms with Crippen molar-refractivity contribution >= 4 is 44.9 Å². The lowest BCUT2D eigenvalue weighted by atomic mass is 10.1. The first-order chi connectivity index (χ1) is 17.6. The number of benzene rings is 2. The fourth-order valence-electron chi connectivity index (χ4n) is 3.98. The number of aryl methyl sites for hydroxylation is 3. The number of fused-ring (bicyclic) bond motifs is 1. The van der Waals surface area contributed by atoms with E-state index in [2.05, 4.69) is 12.2 Å². The molecule has 37 heavy (non-hydrogen) atoms. The number of thioether (sulfide) groups is 1. The van der Waals surface area contributed by atoms with E-state index in [9.17, 15) is 22.8 Å². The fraction of sp³-hybridized carbons (Fsp3) is 0.296. The number of thiophene rings is 1. The minimum Gasteiger partial charge on any atom is -0.325 e. The monoisotopic (exact) mass is 545 g/mol. The van der Waals surface area contributed by atoms with Crippen LogP contribution in [0.1, 0.15) is 41.8 Å². The molecular formula is C27H26F3N3O2S2. The summed E-state index contributed by atoms with van der Waals surface area (Å²) in [6, 6.07) is 12.1. The molecular weight excluding hydrogens is 519 g/mol. The van der Waals surface area contributed by atoms with Gasteiger partial charge in [0.25, 0.3) is 5.56 Å². The molecule has 2 aromatic heterocycles. The van der Waals surface area contributed by atoms with E-state index in [1.165, 1.54) is 28.0 Å². The van der Waals surface area contributed by atoms with Crippen molar-refractivity contribution in [2.75, 3.05) is 11.1 Å². The largest absolute Gasteiger partial charge is 0.416 e. The first-order valence-corrected chi connectivity index (χ1v) is 13.7. The number of rotatable bonds is 8. The third kappa shape index (κ3) is 5.91. The summed E-state index contributed by atoms with van der Waals surface area (Å²) < 4.78 is 40.6. The predicted molar refractivity (Wildman–Crippen MR) is 144 cm³/mol. The third-order valence-corrected chi connectivity index (χ3v) is 8.10. The molecule has 0 radical (unpaired) electrons. The van der Waals surface area contributed by atoms with Crippen LogP contribution in [0.4, 0.5) is 18.9 Å². The van der Waals surface area contributed by atoms with Crippen LogP contribution in [0.2, 0.25) is 0 Å². The minimum absolute atomic E-state index is 0.0504. The average molecular weight is 546 g/mol. The summed E-state index contributed by atoms with van der Waals surface area (Å²) in [4.78, 5) is 32.9. The summed E-state index contributed by atoms with van der Waals surface area (Å²) >= 11 is 2.55. The van der Waals surface area contributed by atoms with Crippen LogP contribution in [0.5, 0.6) is 0 Å². The number of anilines is 1. The number of carbonyl (C=O) groups excluding carboxylic acids is 1. The summed E-state index contributed by atoms with van der Waals surface area (Å²) in [5.41, 5.74) is 1.69. The van der Waals surface area contributed by atoms with Gasteiger partial charge in [0.1, 0.15) is 4.83 Å². The molecule has 0 bridgehead atoms. The van der Waals surface area contributed by atoms with Gasteiger partial charge in [0.15, 0.2) is 5.16 Å². The number of hydrogen-bond acceptors (Lipinski definition) is 5. The van der Waals surface area contributed by atoms with E-state index in [0.29, 0.717) is 21.1 Å². The van der Waals surface area contributed by atoms with Crippen molar-refractivity contribution in [1.29, 1.82) is 0 Å². The number of nitrogens with one attached hydrogen (secondary N) is 1. The Hall–Kier alpha value is -3.11. The van der Waals surface area contributed by atoms with Crippen molar-refractivity contribution < 1.29 is 18.0 Å². The van der Waals surface area contributed by atoms with Crippen LogP contribution in [0.3, 0.4) is 0 Å². The predicted octanol–water partition coefficient (Wildman–Crippen LogP) is 7.02. The molecule has 0 atom stereocenters. The summed E-state index contributed by atoms with van der Waals surface area (Å²) in [6.45, 7) is 6.06. The minimum atomic E-state index is -4.51. The molecule has 0 unspecified atom stereocenters. The molecule has 0 saturated carbocycles. The number of amides is 1. The van der Waals surface area contributed by atoms with E-state index in [1.807, 2.05) is 38.1 Å². The molecule has 4 aromatic rings.